The predicted octanol–water partition coefficient (Wildman–Crippen LogP) is 3.38. The molecule has 0 atom stereocenters. The standard InChI is InChI=1S/C16H22N2O/c19-16(18-13-15-9-5-2-6-10-15)17-12-11-14-7-3-1-4-8-14/h1,3-4,7-8,13H,2,5-6,9-12H2,(H2,17,18,19). The van der Waals surface area contributed by atoms with Crippen LogP contribution in [0.25, 0.3) is 0 Å². The van der Waals surface area contributed by atoms with E-state index in [2.05, 4.69) is 22.8 Å². The average Bonchev–Trinajstić information content (AvgIpc) is 2.47. The SMILES string of the molecule is O=C(NC=C1CCCCC1)NCCc1ccccc1. The van der Waals surface area contributed by atoms with Gasteiger partial charge in [-0.05, 0) is 37.7 Å². The van der Waals surface area contributed by atoms with Gasteiger partial charge >= 0.3 is 6.03 Å². The van der Waals surface area contributed by atoms with Crippen LogP contribution in [0.15, 0.2) is 42.1 Å². The van der Waals surface area contributed by atoms with Gasteiger partial charge in [-0.1, -0.05) is 42.3 Å². The molecule has 19 heavy (non-hydrogen) atoms. The van der Waals surface area contributed by atoms with Gasteiger partial charge in [-0.25, -0.2) is 4.79 Å². The fraction of sp³-hybridized carbons (Fsp3) is 0.438. The maximum absolute atomic E-state index is 11.6. The number of nitrogens with one attached hydrogen (secondary N) is 2. The maximum atomic E-state index is 11.6. The molecule has 0 unspecified atom stereocenters. The van der Waals surface area contributed by atoms with Crippen molar-refractivity contribution in [3.63, 3.8) is 0 Å². The highest BCUT2D eigenvalue weighted by atomic mass is 16.2. The Morgan fingerprint density at radius 1 is 1.11 bits per heavy atom. The topological polar surface area (TPSA) is 41.1 Å². The van der Waals surface area contributed by atoms with Gasteiger partial charge < -0.3 is 10.6 Å². The molecule has 3 nitrogen and oxygen atoms in total. The van der Waals surface area contributed by atoms with E-state index in [1.54, 1.807) is 0 Å². The molecule has 2 N–H and O–H groups in total. The zero-order valence-electron chi connectivity index (χ0n) is 11.3. The lowest BCUT2D eigenvalue weighted by Gasteiger charge is -2.13. The summed E-state index contributed by atoms with van der Waals surface area (Å²) in [5.74, 6) is 0. The molecule has 0 aliphatic heterocycles. The second kappa shape index (κ2) is 7.62. The van der Waals surface area contributed by atoms with Crippen LogP contribution in [0.1, 0.15) is 37.7 Å². The van der Waals surface area contributed by atoms with Crippen LogP contribution in [0.4, 0.5) is 4.79 Å². The van der Waals surface area contributed by atoms with E-state index in [1.807, 2.05) is 24.4 Å². The quantitative estimate of drug-likeness (QED) is 0.854. The molecule has 1 aromatic rings. The van der Waals surface area contributed by atoms with Crippen molar-refractivity contribution in [2.24, 2.45) is 0 Å². The maximum Gasteiger partial charge on any atom is 0.318 e. The Kier molecular flexibility index (Phi) is 5.48. The van der Waals surface area contributed by atoms with Crippen molar-refractivity contribution in [1.82, 2.24) is 10.6 Å². The van der Waals surface area contributed by atoms with E-state index in [4.69, 9.17) is 0 Å². The smallest absolute Gasteiger partial charge is 0.318 e. The first kappa shape index (κ1) is 13.7. The largest absolute Gasteiger partial charge is 0.338 e. The molecule has 0 heterocycles. The van der Waals surface area contributed by atoms with Gasteiger partial charge in [0, 0.05) is 12.7 Å². The van der Waals surface area contributed by atoms with Crippen molar-refractivity contribution in [3.8, 4) is 0 Å². The fourth-order valence-electron chi connectivity index (χ4n) is 2.33. The Balaban J connectivity index is 1.64. The zero-order valence-corrected chi connectivity index (χ0v) is 11.3. The average molecular weight is 258 g/mol. The minimum Gasteiger partial charge on any atom is -0.338 e. The molecule has 0 spiro atoms. The van der Waals surface area contributed by atoms with Crippen molar-refractivity contribution in [1.29, 1.82) is 0 Å². The van der Waals surface area contributed by atoms with E-state index in [9.17, 15) is 4.79 Å². The van der Waals surface area contributed by atoms with Gasteiger partial charge in [0.2, 0.25) is 0 Å². The number of carbonyl (C=O) groups excluding carboxylic acids is 1. The highest BCUT2D eigenvalue weighted by Crippen LogP contribution is 2.21. The van der Waals surface area contributed by atoms with E-state index >= 15 is 0 Å². The molecular weight excluding hydrogens is 236 g/mol. The van der Waals surface area contributed by atoms with Gasteiger partial charge in [-0.3, -0.25) is 0 Å². The van der Waals surface area contributed by atoms with E-state index in [1.165, 1.54) is 30.4 Å². The van der Waals surface area contributed by atoms with Gasteiger partial charge in [-0.2, -0.15) is 0 Å². The molecule has 3 heteroatoms. The van der Waals surface area contributed by atoms with Crippen molar-refractivity contribution in [2.45, 2.75) is 38.5 Å². The van der Waals surface area contributed by atoms with E-state index in [0.717, 1.165) is 19.3 Å². The van der Waals surface area contributed by atoms with Gasteiger partial charge in [0.1, 0.15) is 0 Å². The summed E-state index contributed by atoms with van der Waals surface area (Å²) < 4.78 is 0. The van der Waals surface area contributed by atoms with Crippen LogP contribution in [0.3, 0.4) is 0 Å². The summed E-state index contributed by atoms with van der Waals surface area (Å²) in [6.45, 7) is 0.666. The highest BCUT2D eigenvalue weighted by Gasteiger charge is 2.05. The summed E-state index contributed by atoms with van der Waals surface area (Å²) in [6, 6.07) is 10.1. The summed E-state index contributed by atoms with van der Waals surface area (Å²) in [5, 5.41) is 5.70. The van der Waals surface area contributed by atoms with E-state index < -0.39 is 0 Å². The summed E-state index contributed by atoms with van der Waals surface area (Å²) in [6.07, 6.45) is 8.84. The number of hydrogen-bond donors (Lipinski definition) is 2. The number of allylic oxidation sites excluding steroid dienone is 1. The zero-order chi connectivity index (χ0) is 13.3. The van der Waals surface area contributed by atoms with Crippen LogP contribution >= 0.6 is 0 Å². The first-order valence-corrected chi connectivity index (χ1v) is 7.11. The first-order chi connectivity index (χ1) is 9.34. The Morgan fingerprint density at radius 2 is 1.84 bits per heavy atom. The summed E-state index contributed by atoms with van der Waals surface area (Å²) in [4.78, 5) is 11.6. The second-order valence-corrected chi connectivity index (χ2v) is 5.00. The second-order valence-electron chi connectivity index (χ2n) is 5.00. The Morgan fingerprint density at radius 3 is 2.58 bits per heavy atom. The van der Waals surface area contributed by atoms with Crippen LogP contribution in [0, 0.1) is 0 Å². The van der Waals surface area contributed by atoms with Crippen molar-refractivity contribution in [2.75, 3.05) is 6.54 Å². The van der Waals surface area contributed by atoms with Crippen LogP contribution in [-0.2, 0) is 6.42 Å². The summed E-state index contributed by atoms with van der Waals surface area (Å²) in [5.41, 5.74) is 2.61. The lowest BCUT2D eigenvalue weighted by Crippen LogP contribution is -2.33. The third-order valence-electron chi connectivity index (χ3n) is 3.45. The number of benzene rings is 1. The molecule has 1 saturated carbocycles. The van der Waals surface area contributed by atoms with E-state index in [0.29, 0.717) is 6.54 Å². The van der Waals surface area contributed by atoms with Crippen LogP contribution in [0.2, 0.25) is 0 Å². The molecule has 0 saturated heterocycles. The first-order valence-electron chi connectivity index (χ1n) is 7.11. The van der Waals surface area contributed by atoms with Crippen LogP contribution in [0.5, 0.6) is 0 Å². The lowest BCUT2D eigenvalue weighted by atomic mass is 9.96. The molecular formula is C16H22N2O. The Labute approximate surface area is 115 Å². The van der Waals surface area contributed by atoms with Gasteiger partial charge in [0.25, 0.3) is 0 Å². The number of carbonyl (C=O) groups is 1. The molecule has 0 bridgehead atoms. The number of hydrogen-bond acceptors (Lipinski definition) is 1. The Hall–Kier alpha value is -1.77. The monoisotopic (exact) mass is 258 g/mol. The molecule has 1 fully saturated rings. The normalized spacial score (nSPS) is 14.8. The minimum absolute atomic E-state index is 0.103. The summed E-state index contributed by atoms with van der Waals surface area (Å²) in [7, 11) is 0. The molecule has 0 radical (unpaired) electrons. The molecule has 1 aliphatic rings. The molecule has 1 aromatic carbocycles. The van der Waals surface area contributed by atoms with Gasteiger partial charge in [0.05, 0.1) is 0 Å². The third kappa shape index (κ3) is 5.16. The van der Waals surface area contributed by atoms with Crippen molar-refractivity contribution in [3.05, 3.63) is 47.7 Å². The molecule has 0 aromatic heterocycles. The molecule has 2 amide bonds. The highest BCUT2D eigenvalue weighted by molar-refractivity contribution is 5.74. The predicted molar refractivity (Wildman–Crippen MR) is 77.8 cm³/mol. The minimum atomic E-state index is -0.103. The lowest BCUT2D eigenvalue weighted by molar-refractivity contribution is 0.244. The third-order valence-corrected chi connectivity index (χ3v) is 3.45. The van der Waals surface area contributed by atoms with Crippen molar-refractivity contribution < 1.29 is 4.79 Å². The van der Waals surface area contributed by atoms with Gasteiger partial charge in [-0.15, -0.1) is 0 Å². The van der Waals surface area contributed by atoms with Gasteiger partial charge in [0.15, 0.2) is 0 Å². The molecule has 102 valence electrons. The number of amides is 2. The fourth-order valence-corrected chi connectivity index (χ4v) is 2.33. The number of rotatable bonds is 4. The molecule has 1 aliphatic carbocycles. The molecule has 2 rings (SSSR count). The number of urea groups is 1. The Bertz CT molecular complexity index is 418. The van der Waals surface area contributed by atoms with Crippen LogP contribution < -0.4 is 10.6 Å². The van der Waals surface area contributed by atoms with Crippen LogP contribution in [-0.4, -0.2) is 12.6 Å². The van der Waals surface area contributed by atoms with Crippen molar-refractivity contribution >= 4 is 6.03 Å². The van der Waals surface area contributed by atoms with E-state index in [-0.39, 0.29) is 6.03 Å². The summed E-state index contributed by atoms with van der Waals surface area (Å²) >= 11 is 0.